The molecule has 0 bridgehead atoms. The lowest BCUT2D eigenvalue weighted by atomic mass is 10.2. The number of benzene rings is 1. The van der Waals surface area contributed by atoms with Crippen LogP contribution < -0.4 is 0 Å². The molecule has 0 unspecified atom stereocenters. The van der Waals surface area contributed by atoms with Gasteiger partial charge in [0.2, 0.25) is 5.16 Å². The molecule has 18 heavy (non-hydrogen) atoms. The topological polar surface area (TPSA) is 43.6 Å². The van der Waals surface area contributed by atoms with Crippen LogP contribution in [0.1, 0.15) is 36.6 Å². The van der Waals surface area contributed by atoms with E-state index in [1.54, 1.807) is 11.8 Å². The van der Waals surface area contributed by atoms with Gasteiger partial charge in [-0.15, -0.1) is 5.10 Å². The summed E-state index contributed by atoms with van der Waals surface area (Å²) in [7, 11) is 0. The third kappa shape index (κ3) is 2.37. The number of rotatable bonds is 4. The molecule has 0 N–H and O–H groups in total. The molecule has 1 atom stereocenters. The van der Waals surface area contributed by atoms with Crippen LogP contribution in [0.3, 0.4) is 0 Å². The number of tetrazole rings is 1. The molecule has 3 rings (SSSR count). The fraction of sp³-hybridized carbons (Fsp3) is 0.417. The van der Waals surface area contributed by atoms with E-state index in [9.17, 15) is 0 Å². The molecule has 1 saturated carbocycles. The van der Waals surface area contributed by atoms with Gasteiger partial charge in [0, 0.05) is 10.3 Å². The second kappa shape index (κ2) is 4.90. The van der Waals surface area contributed by atoms with E-state index in [4.69, 9.17) is 11.6 Å². The molecule has 1 aliphatic rings. The Balaban J connectivity index is 1.79. The van der Waals surface area contributed by atoms with Crippen molar-refractivity contribution < 1.29 is 0 Å². The average molecular weight is 281 g/mol. The molecular formula is C12H13ClN4S. The van der Waals surface area contributed by atoms with Crippen molar-refractivity contribution in [1.29, 1.82) is 0 Å². The van der Waals surface area contributed by atoms with E-state index in [0.29, 0.717) is 6.04 Å². The van der Waals surface area contributed by atoms with E-state index in [1.807, 2.05) is 28.9 Å². The summed E-state index contributed by atoms with van der Waals surface area (Å²) in [6.45, 7) is 2.12. The first kappa shape index (κ1) is 12.0. The summed E-state index contributed by atoms with van der Waals surface area (Å²) in [4.78, 5) is 0. The monoisotopic (exact) mass is 280 g/mol. The fourth-order valence-electron chi connectivity index (χ4n) is 1.84. The maximum atomic E-state index is 6.20. The van der Waals surface area contributed by atoms with E-state index in [-0.39, 0.29) is 5.25 Å². The number of thioether (sulfide) groups is 1. The highest BCUT2D eigenvalue weighted by Crippen LogP contribution is 2.41. The molecule has 1 heterocycles. The van der Waals surface area contributed by atoms with E-state index >= 15 is 0 Å². The SMILES string of the molecule is C[C@@H](Sc1nnnn1C1CC1)c1ccccc1Cl. The minimum atomic E-state index is 0.238. The Hall–Kier alpha value is -1.07. The van der Waals surface area contributed by atoms with Gasteiger partial charge >= 0.3 is 0 Å². The first-order valence-corrected chi connectivity index (χ1v) is 7.20. The Morgan fingerprint density at radius 1 is 1.39 bits per heavy atom. The standard InChI is InChI=1S/C12H13ClN4S/c1-8(10-4-2-3-5-11(10)13)18-12-14-15-16-17(12)9-6-7-9/h2-5,8-9H,6-7H2,1H3/t8-/m1/s1. The zero-order valence-corrected chi connectivity index (χ0v) is 11.5. The first-order chi connectivity index (χ1) is 8.75. The molecular weight excluding hydrogens is 268 g/mol. The number of halogens is 1. The van der Waals surface area contributed by atoms with E-state index in [2.05, 4.69) is 22.4 Å². The van der Waals surface area contributed by atoms with Crippen molar-refractivity contribution >= 4 is 23.4 Å². The molecule has 1 aromatic carbocycles. The molecule has 1 aromatic heterocycles. The number of aromatic nitrogens is 4. The van der Waals surface area contributed by atoms with Crippen molar-refractivity contribution in [2.75, 3.05) is 0 Å². The average Bonchev–Trinajstić information content (AvgIpc) is 3.11. The first-order valence-electron chi connectivity index (χ1n) is 5.94. The molecule has 94 valence electrons. The van der Waals surface area contributed by atoms with E-state index in [0.717, 1.165) is 15.7 Å². The van der Waals surface area contributed by atoms with Gasteiger partial charge in [-0.2, -0.15) is 0 Å². The quantitative estimate of drug-likeness (QED) is 0.804. The largest absolute Gasteiger partial charge is 0.217 e. The third-order valence-electron chi connectivity index (χ3n) is 2.98. The maximum Gasteiger partial charge on any atom is 0.210 e. The molecule has 2 aromatic rings. The predicted molar refractivity (Wildman–Crippen MR) is 71.8 cm³/mol. The molecule has 4 nitrogen and oxygen atoms in total. The van der Waals surface area contributed by atoms with Crippen molar-refractivity contribution in [1.82, 2.24) is 20.2 Å². The summed E-state index contributed by atoms with van der Waals surface area (Å²) in [5, 5.41) is 13.8. The third-order valence-corrected chi connectivity index (χ3v) is 4.41. The highest BCUT2D eigenvalue weighted by Gasteiger charge is 2.28. The smallest absolute Gasteiger partial charge is 0.210 e. The van der Waals surface area contributed by atoms with Gasteiger partial charge in [0.15, 0.2) is 0 Å². The van der Waals surface area contributed by atoms with Crippen molar-refractivity contribution in [2.45, 2.75) is 36.2 Å². The molecule has 0 spiro atoms. The van der Waals surface area contributed by atoms with Crippen LogP contribution in [0.25, 0.3) is 0 Å². The summed E-state index contributed by atoms with van der Waals surface area (Å²) < 4.78 is 1.93. The summed E-state index contributed by atoms with van der Waals surface area (Å²) in [6.07, 6.45) is 2.36. The van der Waals surface area contributed by atoms with Crippen molar-refractivity contribution in [3.8, 4) is 0 Å². The minimum absolute atomic E-state index is 0.238. The van der Waals surface area contributed by atoms with Crippen molar-refractivity contribution in [3.05, 3.63) is 34.9 Å². The number of hydrogen-bond donors (Lipinski definition) is 0. The van der Waals surface area contributed by atoms with Gasteiger partial charge in [0.05, 0.1) is 6.04 Å². The molecule has 1 aliphatic carbocycles. The van der Waals surface area contributed by atoms with Gasteiger partial charge in [0.1, 0.15) is 0 Å². The molecule has 0 aliphatic heterocycles. The van der Waals surface area contributed by atoms with Gasteiger partial charge in [-0.05, 0) is 41.8 Å². The van der Waals surface area contributed by atoms with Gasteiger partial charge in [-0.1, -0.05) is 41.6 Å². The predicted octanol–water partition coefficient (Wildman–Crippen LogP) is 3.51. The van der Waals surface area contributed by atoms with Crippen molar-refractivity contribution in [3.63, 3.8) is 0 Å². The van der Waals surface area contributed by atoms with Crippen LogP contribution in [0.15, 0.2) is 29.4 Å². The van der Waals surface area contributed by atoms with Crippen LogP contribution >= 0.6 is 23.4 Å². The second-order valence-electron chi connectivity index (χ2n) is 4.42. The number of nitrogens with zero attached hydrogens (tertiary/aromatic N) is 4. The molecule has 1 fully saturated rings. The zero-order chi connectivity index (χ0) is 12.5. The zero-order valence-electron chi connectivity index (χ0n) is 9.95. The van der Waals surface area contributed by atoms with Gasteiger partial charge in [0.25, 0.3) is 0 Å². The Kier molecular flexibility index (Phi) is 3.26. The summed E-state index contributed by atoms with van der Waals surface area (Å²) >= 11 is 7.86. The molecule has 0 amide bonds. The second-order valence-corrected chi connectivity index (χ2v) is 6.13. The Morgan fingerprint density at radius 3 is 2.89 bits per heavy atom. The lowest BCUT2D eigenvalue weighted by molar-refractivity contribution is 0.565. The molecule has 6 heteroatoms. The van der Waals surface area contributed by atoms with Gasteiger partial charge in [-0.25, -0.2) is 4.68 Å². The lowest BCUT2D eigenvalue weighted by Crippen LogP contribution is -2.00. The van der Waals surface area contributed by atoms with Crippen LogP contribution in [0, 0.1) is 0 Å². The van der Waals surface area contributed by atoms with Gasteiger partial charge in [-0.3, -0.25) is 0 Å². The molecule has 0 saturated heterocycles. The highest BCUT2D eigenvalue weighted by molar-refractivity contribution is 7.99. The normalized spacial score (nSPS) is 16.8. The van der Waals surface area contributed by atoms with Crippen LogP contribution in [-0.2, 0) is 0 Å². The highest BCUT2D eigenvalue weighted by atomic mass is 35.5. The van der Waals surface area contributed by atoms with Crippen LogP contribution in [-0.4, -0.2) is 20.2 Å². The van der Waals surface area contributed by atoms with Crippen molar-refractivity contribution in [2.24, 2.45) is 0 Å². The summed E-state index contributed by atoms with van der Waals surface area (Å²) in [5.74, 6) is 0. The van der Waals surface area contributed by atoms with Gasteiger partial charge < -0.3 is 0 Å². The summed E-state index contributed by atoms with van der Waals surface area (Å²) in [6, 6.07) is 8.41. The maximum absolute atomic E-state index is 6.20. The van der Waals surface area contributed by atoms with E-state index in [1.165, 1.54) is 12.8 Å². The molecule has 0 radical (unpaired) electrons. The lowest BCUT2D eigenvalue weighted by Gasteiger charge is -2.12. The Bertz CT molecular complexity index is 553. The fourth-order valence-corrected chi connectivity index (χ4v) is 3.23. The van der Waals surface area contributed by atoms with E-state index < -0.39 is 0 Å². The Labute approximate surface area is 115 Å². The minimum Gasteiger partial charge on any atom is -0.217 e. The van der Waals surface area contributed by atoms with Crippen LogP contribution in [0.2, 0.25) is 5.02 Å². The van der Waals surface area contributed by atoms with Crippen LogP contribution in [0.4, 0.5) is 0 Å². The van der Waals surface area contributed by atoms with Crippen LogP contribution in [0.5, 0.6) is 0 Å². The Morgan fingerprint density at radius 2 is 2.17 bits per heavy atom. The number of hydrogen-bond acceptors (Lipinski definition) is 4. The summed E-state index contributed by atoms with van der Waals surface area (Å²) in [5.41, 5.74) is 1.12.